The van der Waals surface area contributed by atoms with Crippen LogP contribution < -0.4 is 15.6 Å². The molecule has 138 heavy (non-hydrogen) atoms. The molecule has 10 aliphatic carbocycles. The Labute approximate surface area is 981 Å². The number of hydrogen-bond donors (Lipinski definition) is 0. The second-order valence-corrected chi connectivity index (χ2v) is 99.1. The Balaban J connectivity index is -0.000000155. The molecular weight excluding hydrogens is 2340 g/mol. The Morgan fingerprint density at radius 1 is 0.268 bits per heavy atom. The van der Waals surface area contributed by atoms with Gasteiger partial charge in [0.15, 0.2) is 0 Å². The van der Waals surface area contributed by atoms with E-state index in [9.17, 15) is 0 Å². The van der Waals surface area contributed by atoms with E-state index in [-0.39, 0.29) is 156 Å². The topological polar surface area (TPSA) is 0 Å². The maximum Gasteiger partial charge on any atom is 4.00 e. The van der Waals surface area contributed by atoms with Gasteiger partial charge in [0.1, 0.15) is 0 Å². The fourth-order valence-corrected chi connectivity index (χ4v) is 62.1. The summed E-state index contributed by atoms with van der Waals surface area (Å²) in [6.07, 6.45) is 55.2. The molecule has 10 fully saturated rings. The zero-order valence-corrected chi connectivity index (χ0v) is 125. The van der Waals surface area contributed by atoms with E-state index in [2.05, 4.69) is 245 Å². The number of hydrogen-bond acceptors (Lipinski definition) is 0. The van der Waals surface area contributed by atoms with Crippen LogP contribution in [0.15, 0.2) is 91.0 Å². The average molecular weight is 2570 g/mol. The second-order valence-electron chi connectivity index (χ2n) is 48.2. The molecule has 0 amide bonds. The molecule has 0 bridgehead atoms. The van der Waals surface area contributed by atoms with Gasteiger partial charge >= 0.3 is 166 Å². The molecule has 13 rings (SSSR count). The summed E-state index contributed by atoms with van der Waals surface area (Å²) in [5.41, 5.74) is 11.3. The molecule has 3 aromatic carbocycles. The van der Waals surface area contributed by atoms with Crippen LogP contribution in [0.5, 0.6) is 0 Å². The molecular formula is C118H234Cl6Si9Zr5. The van der Waals surface area contributed by atoms with Gasteiger partial charge in [-0.3, -0.25) is 0 Å². The van der Waals surface area contributed by atoms with Crippen molar-refractivity contribution in [2.75, 3.05) is 0 Å². The zero-order valence-electron chi connectivity index (χ0n) is 98.4. The number of benzene rings is 3. The third-order valence-electron chi connectivity index (χ3n) is 34.5. The molecule has 0 spiro atoms. The molecule has 10 saturated carbocycles. The summed E-state index contributed by atoms with van der Waals surface area (Å²) < 4.78 is 0. The fraction of sp³-hybridized carbons (Fsp3) is 0.729. The molecule has 0 aliphatic heterocycles. The van der Waals surface area contributed by atoms with Gasteiger partial charge in [-0.05, 0) is 158 Å². The minimum Gasteiger partial charge on any atom is 4.00 e. The van der Waals surface area contributed by atoms with Crippen molar-refractivity contribution in [3.63, 3.8) is 0 Å². The van der Waals surface area contributed by atoms with Crippen molar-refractivity contribution in [3.05, 3.63) is 195 Å². The Bertz CT molecular complexity index is 3020. The predicted molar refractivity (Wildman–Crippen MR) is 663 cm³/mol. The van der Waals surface area contributed by atoms with E-state index in [1.807, 2.05) is 0 Å². The largest absolute Gasteiger partial charge is 4.00 e. The third-order valence-corrected chi connectivity index (χ3v) is 63.8. The average Bonchev–Trinajstić information content (AvgIpc) is 1.61. The maximum absolute atomic E-state index is 4.93. The van der Waals surface area contributed by atoms with Gasteiger partial charge in [0, 0.05) is 49.9 Å². The first-order valence-corrected chi connectivity index (χ1v) is 96.6. The number of rotatable bonds is 30. The first-order chi connectivity index (χ1) is 58.0. The Hall–Kier alpha value is 5.77. The predicted octanol–water partition coefficient (Wildman–Crippen LogP) is 41.9. The summed E-state index contributed by atoms with van der Waals surface area (Å²) >= 11 is -2.48. The van der Waals surface area contributed by atoms with Crippen LogP contribution in [-0.2, 0) is 115 Å². The van der Waals surface area contributed by atoms with Crippen LogP contribution in [0.3, 0.4) is 0 Å². The Kier molecular flexibility index (Phi) is 106. The normalized spacial score (nSPS) is 29.2. The first kappa shape index (κ1) is 166. The van der Waals surface area contributed by atoms with Crippen LogP contribution in [0.4, 0.5) is 0 Å². The van der Waals surface area contributed by atoms with Crippen molar-refractivity contribution in [2.24, 2.45) is 76.9 Å². The van der Waals surface area contributed by atoms with Crippen LogP contribution in [0, 0.1) is 181 Å². The van der Waals surface area contributed by atoms with Gasteiger partial charge in [-0.25, -0.2) is 0 Å². The molecule has 25 atom stereocenters. The van der Waals surface area contributed by atoms with E-state index in [0.717, 1.165) is 110 Å². The summed E-state index contributed by atoms with van der Waals surface area (Å²) in [5.74, 6) is 13.4. The third kappa shape index (κ3) is 58.7. The number of halogens is 6. The van der Waals surface area contributed by atoms with Crippen LogP contribution in [0.1, 0.15) is 293 Å². The van der Waals surface area contributed by atoms with Crippen LogP contribution in [0.2, 0.25) is 171 Å². The van der Waals surface area contributed by atoms with Gasteiger partial charge in [0.25, 0.3) is 0 Å². The molecule has 0 heterocycles. The summed E-state index contributed by atoms with van der Waals surface area (Å²) in [6.45, 7) is 58.6. The second kappa shape index (κ2) is 87.8. The molecule has 804 valence electrons. The minimum absolute atomic E-state index is 0. The zero-order chi connectivity index (χ0) is 89.9. The van der Waals surface area contributed by atoms with Crippen LogP contribution in [-0.4, -0.2) is 76.3 Å². The molecule has 0 saturated heterocycles. The van der Waals surface area contributed by atoms with Crippen molar-refractivity contribution in [3.8, 4) is 0 Å². The Morgan fingerprint density at radius 3 is 0.717 bits per heavy atom. The van der Waals surface area contributed by atoms with Gasteiger partial charge in [0.05, 0.1) is 26.4 Å². The summed E-state index contributed by atoms with van der Waals surface area (Å²) in [6, 6.07) is 41.8. The van der Waals surface area contributed by atoms with Gasteiger partial charge in [0.2, 0.25) is 0 Å². The van der Waals surface area contributed by atoms with Gasteiger partial charge in [-0.1, -0.05) is 490 Å². The standard InChI is InChI=1S/C24H42Si2.2C22H36Si.C19H42Si3.C17H36Si2.14CH3.6ClH.5Zr/c1-17-18(2)20(4)24(19(17)3)25(22-11-9-8-10-12-22)23-14-13-21(15-23)16-26(5,6)7;2*1-3-8-18-12-14-21(16-18)23(20-10-6-5-7-11-20)22-15-13-19(17-22)9-4-2;1-20(18-12-11-16(13-18)14-21(2,3)4)19-10-8-9-17(19)15-22(5,6)7;1-6-14-10-11-16(12-14)18(2)17-9-7-8-15(17)13-19(3,4)5;;;;;;;;;;;;;;;;;;;;;;;;;/h8-12,17-21,23-25H,13-16H2,1-7H3;2*5-7,10-11,18-19,21-23H,3-4,8-9,12-17H2,1-2H3;16-20H,8-15H2,1-7H3;14-18H,6-13H2,1-5H3;14*1H3;6*1H;;;;;/q;;;;;14*-1;;;;;;;5*+4/p-6. The van der Waals surface area contributed by atoms with E-state index in [4.69, 9.17) is 51.1 Å². The van der Waals surface area contributed by atoms with Gasteiger partial charge in [-0.15, -0.1) is 0 Å². The van der Waals surface area contributed by atoms with Gasteiger partial charge in [-0.2, -0.15) is 0 Å². The maximum atomic E-state index is 4.93. The SMILES string of the molecule is CC1C(C)C(C)C([SiH](c2ccccc2)C2CCC(C[Si](C)(C)C)C2)C1C.CCC1CCC([SiH](C)C2CCCC2C[Si](C)(C)C)C1.CCCC1CCC([SiH](c2ccccc2)C2CCC(CCC)C2)C1.CCCC1CCC([SiH](c2ccccc2)C2CCC(CCC)C2)C1.C[SiH](C1CCC(C[Si](C)(C)C)C1)C1CCCC1C[Si](C)(C)C.[CH3-].[CH3-].[CH3-].[CH3-].[CH3-].[CH3-].[CH3-].[CH3-].[CH3-].[CH3-].[CH3-].[CH3-].[CH3-].[CH3-].[Cl][Zr+2][Cl].[Cl][Zr+2][Cl].[Cl][Zr+2][Cl].[Zr+4].[Zr+4]. The van der Waals surface area contributed by atoms with Crippen molar-refractivity contribution < 1.29 is 115 Å². The quantitative estimate of drug-likeness (QED) is 0.0461. The molecule has 0 N–H and O–H groups in total. The summed E-state index contributed by atoms with van der Waals surface area (Å²) in [5, 5.41) is 5.35. The van der Waals surface area contributed by atoms with Crippen molar-refractivity contribution in [1.82, 2.24) is 0 Å². The van der Waals surface area contributed by atoms with E-state index < -0.39 is 139 Å². The van der Waals surface area contributed by atoms with E-state index in [0.29, 0.717) is 0 Å². The smallest absolute Gasteiger partial charge is 4.00 e. The van der Waals surface area contributed by atoms with Gasteiger partial charge < -0.3 is 104 Å². The fourth-order valence-electron chi connectivity index (χ4n) is 29.3. The van der Waals surface area contributed by atoms with Crippen LogP contribution >= 0.6 is 51.1 Å². The molecule has 10 aliphatic rings. The summed E-state index contributed by atoms with van der Waals surface area (Å²) in [4.78, 5) is 0. The Morgan fingerprint density at radius 2 is 0.478 bits per heavy atom. The molecule has 3 aromatic rings. The van der Waals surface area contributed by atoms with E-state index in [1.54, 1.807) is 175 Å². The van der Waals surface area contributed by atoms with Crippen LogP contribution in [0.25, 0.3) is 0 Å². The van der Waals surface area contributed by atoms with Crippen molar-refractivity contribution >= 4 is 143 Å². The minimum atomic E-state index is -0.981. The summed E-state index contributed by atoms with van der Waals surface area (Å²) in [7, 11) is 22.5. The molecule has 0 aromatic heterocycles. The van der Waals surface area contributed by atoms with Crippen molar-refractivity contribution in [1.29, 1.82) is 0 Å². The monoisotopic (exact) mass is 2560 g/mol. The first-order valence-electron chi connectivity index (χ1n) is 52.1. The molecule has 20 heteroatoms. The van der Waals surface area contributed by atoms with E-state index in [1.165, 1.54) is 118 Å². The molecule has 0 radical (unpaired) electrons. The molecule has 25 unspecified atom stereocenters. The van der Waals surface area contributed by atoms with Crippen molar-refractivity contribution in [2.45, 2.75) is 465 Å². The van der Waals surface area contributed by atoms with E-state index >= 15 is 0 Å². The molecule has 0 nitrogen and oxygen atoms in total.